The molecule has 4 rings (SSSR count). The highest BCUT2D eigenvalue weighted by molar-refractivity contribution is 6.30. The minimum Gasteiger partial charge on any atom is -0.338 e. The molecule has 6 nitrogen and oxygen atoms in total. The average molecular weight is 377 g/mol. The SMILES string of the molecule is N#Cc1cncnc1Nc1cc(-c2cc(Cl)ccc2F)nc2ncccc12. The summed E-state index contributed by atoms with van der Waals surface area (Å²) in [7, 11) is 0. The maximum atomic E-state index is 14.3. The molecule has 0 saturated heterocycles. The van der Waals surface area contributed by atoms with Crippen molar-refractivity contribution in [3.63, 3.8) is 0 Å². The molecule has 0 saturated carbocycles. The highest BCUT2D eigenvalue weighted by atomic mass is 35.5. The van der Waals surface area contributed by atoms with Crippen LogP contribution in [0.3, 0.4) is 0 Å². The Balaban J connectivity index is 1.92. The number of anilines is 2. The van der Waals surface area contributed by atoms with Crippen LogP contribution in [0.2, 0.25) is 5.02 Å². The van der Waals surface area contributed by atoms with E-state index in [1.165, 1.54) is 30.7 Å². The van der Waals surface area contributed by atoms with Gasteiger partial charge in [-0.25, -0.2) is 24.3 Å². The molecule has 0 unspecified atom stereocenters. The minimum atomic E-state index is -0.451. The molecule has 1 aromatic carbocycles. The van der Waals surface area contributed by atoms with Crippen LogP contribution in [0.5, 0.6) is 0 Å². The fourth-order valence-electron chi connectivity index (χ4n) is 2.63. The lowest BCUT2D eigenvalue weighted by atomic mass is 10.1. The van der Waals surface area contributed by atoms with Crippen LogP contribution in [0.1, 0.15) is 5.56 Å². The summed E-state index contributed by atoms with van der Waals surface area (Å²) in [5, 5.41) is 13.4. The van der Waals surface area contributed by atoms with E-state index in [0.717, 1.165) is 0 Å². The van der Waals surface area contributed by atoms with E-state index >= 15 is 0 Å². The van der Waals surface area contributed by atoms with Gasteiger partial charge in [-0.2, -0.15) is 5.26 Å². The van der Waals surface area contributed by atoms with Gasteiger partial charge >= 0.3 is 0 Å². The monoisotopic (exact) mass is 376 g/mol. The van der Waals surface area contributed by atoms with Gasteiger partial charge in [0.15, 0.2) is 11.5 Å². The lowest BCUT2D eigenvalue weighted by molar-refractivity contribution is 0.631. The summed E-state index contributed by atoms with van der Waals surface area (Å²) in [6, 6.07) is 11.5. The van der Waals surface area contributed by atoms with Crippen molar-refractivity contribution in [1.82, 2.24) is 19.9 Å². The number of halogens is 2. The number of hydrogen-bond acceptors (Lipinski definition) is 6. The lowest BCUT2D eigenvalue weighted by Crippen LogP contribution is -2.01. The molecule has 0 aliphatic carbocycles. The Morgan fingerprint density at radius 2 is 2.04 bits per heavy atom. The third kappa shape index (κ3) is 3.26. The molecule has 27 heavy (non-hydrogen) atoms. The van der Waals surface area contributed by atoms with Gasteiger partial charge in [0.1, 0.15) is 23.8 Å². The summed E-state index contributed by atoms with van der Waals surface area (Å²) in [6.45, 7) is 0. The highest BCUT2D eigenvalue weighted by Crippen LogP contribution is 2.32. The zero-order valence-corrected chi connectivity index (χ0v) is 14.4. The second-order valence-corrected chi connectivity index (χ2v) is 6.01. The van der Waals surface area contributed by atoms with Gasteiger partial charge in [-0.05, 0) is 36.4 Å². The Morgan fingerprint density at radius 1 is 1.15 bits per heavy atom. The van der Waals surface area contributed by atoms with Crippen molar-refractivity contribution in [3.8, 4) is 17.3 Å². The fraction of sp³-hybridized carbons (Fsp3) is 0. The normalized spacial score (nSPS) is 10.6. The summed E-state index contributed by atoms with van der Waals surface area (Å²) in [5.74, 6) is -0.116. The third-order valence-corrected chi connectivity index (χ3v) is 4.11. The van der Waals surface area contributed by atoms with E-state index in [0.29, 0.717) is 33.3 Å². The van der Waals surface area contributed by atoms with E-state index in [1.807, 2.05) is 12.1 Å². The van der Waals surface area contributed by atoms with Gasteiger partial charge in [0.2, 0.25) is 0 Å². The number of nitriles is 1. The van der Waals surface area contributed by atoms with E-state index in [2.05, 4.69) is 25.3 Å². The van der Waals surface area contributed by atoms with Gasteiger partial charge in [0, 0.05) is 22.2 Å². The van der Waals surface area contributed by atoms with E-state index in [1.54, 1.807) is 18.3 Å². The molecular formula is C19H10ClFN6. The number of rotatable bonds is 3. The number of benzene rings is 1. The van der Waals surface area contributed by atoms with E-state index in [-0.39, 0.29) is 11.1 Å². The first-order valence-corrected chi connectivity index (χ1v) is 8.22. The quantitative estimate of drug-likeness (QED) is 0.566. The molecule has 0 aliphatic heterocycles. The summed E-state index contributed by atoms with van der Waals surface area (Å²) >= 11 is 6.02. The summed E-state index contributed by atoms with van der Waals surface area (Å²) in [4.78, 5) is 16.7. The van der Waals surface area contributed by atoms with Gasteiger partial charge < -0.3 is 5.32 Å². The molecule has 0 amide bonds. The van der Waals surface area contributed by atoms with E-state index in [9.17, 15) is 9.65 Å². The second kappa shape index (κ2) is 6.94. The van der Waals surface area contributed by atoms with Gasteiger partial charge in [-0.15, -0.1) is 0 Å². The number of nitrogens with zero attached hydrogens (tertiary/aromatic N) is 5. The smallest absolute Gasteiger partial charge is 0.161 e. The maximum absolute atomic E-state index is 14.3. The average Bonchev–Trinajstić information content (AvgIpc) is 2.70. The molecule has 0 fully saturated rings. The van der Waals surface area contributed by atoms with Crippen molar-refractivity contribution < 1.29 is 4.39 Å². The largest absolute Gasteiger partial charge is 0.338 e. The Kier molecular flexibility index (Phi) is 4.32. The molecule has 3 aromatic heterocycles. The van der Waals surface area contributed by atoms with E-state index < -0.39 is 5.82 Å². The highest BCUT2D eigenvalue weighted by Gasteiger charge is 2.14. The predicted molar refractivity (Wildman–Crippen MR) is 100.0 cm³/mol. The van der Waals surface area contributed by atoms with Crippen LogP contribution in [-0.2, 0) is 0 Å². The van der Waals surface area contributed by atoms with Gasteiger partial charge in [0.25, 0.3) is 0 Å². The van der Waals surface area contributed by atoms with Crippen molar-refractivity contribution in [3.05, 3.63) is 71.5 Å². The molecule has 3 heterocycles. The van der Waals surface area contributed by atoms with E-state index in [4.69, 9.17) is 11.6 Å². The molecule has 0 spiro atoms. The number of aromatic nitrogens is 4. The molecule has 0 radical (unpaired) electrons. The topological polar surface area (TPSA) is 87.4 Å². The Bertz CT molecular complexity index is 1200. The molecule has 4 aromatic rings. The summed E-state index contributed by atoms with van der Waals surface area (Å²) in [6.07, 6.45) is 4.35. The second-order valence-electron chi connectivity index (χ2n) is 5.58. The Morgan fingerprint density at radius 3 is 2.89 bits per heavy atom. The van der Waals surface area contributed by atoms with Gasteiger partial charge in [0.05, 0.1) is 17.6 Å². The number of pyridine rings is 2. The molecule has 8 heteroatoms. The van der Waals surface area contributed by atoms with Crippen molar-refractivity contribution in [2.24, 2.45) is 0 Å². The fourth-order valence-corrected chi connectivity index (χ4v) is 2.80. The number of fused-ring (bicyclic) bond motifs is 1. The molecule has 0 aliphatic rings. The predicted octanol–water partition coefficient (Wildman–Crippen LogP) is 4.49. The lowest BCUT2D eigenvalue weighted by Gasteiger charge is -2.12. The van der Waals surface area contributed by atoms with Gasteiger partial charge in [-0.1, -0.05) is 11.6 Å². The number of hydrogen-bond donors (Lipinski definition) is 1. The van der Waals surface area contributed by atoms with Gasteiger partial charge in [-0.3, -0.25) is 0 Å². The third-order valence-electron chi connectivity index (χ3n) is 3.87. The molecule has 0 atom stereocenters. The molecular weight excluding hydrogens is 367 g/mol. The van der Waals surface area contributed by atoms with Crippen molar-refractivity contribution in [2.75, 3.05) is 5.32 Å². The zero-order chi connectivity index (χ0) is 18.8. The zero-order valence-electron chi connectivity index (χ0n) is 13.7. The van der Waals surface area contributed by atoms with Crippen molar-refractivity contribution >= 4 is 34.1 Å². The van der Waals surface area contributed by atoms with Crippen LogP contribution in [0, 0.1) is 17.1 Å². The Hall–Kier alpha value is -3.63. The van der Waals surface area contributed by atoms with Crippen LogP contribution < -0.4 is 5.32 Å². The first-order chi connectivity index (χ1) is 13.2. The molecule has 0 bridgehead atoms. The first-order valence-electron chi connectivity index (χ1n) is 7.84. The Labute approximate surface area is 158 Å². The van der Waals surface area contributed by atoms with Crippen LogP contribution in [0.15, 0.2) is 55.1 Å². The number of nitrogens with one attached hydrogen (secondary N) is 1. The molecule has 1 N–H and O–H groups in total. The van der Waals surface area contributed by atoms with Crippen molar-refractivity contribution in [2.45, 2.75) is 0 Å². The minimum absolute atomic E-state index is 0.251. The van der Waals surface area contributed by atoms with Crippen molar-refractivity contribution in [1.29, 1.82) is 5.26 Å². The van der Waals surface area contributed by atoms with Crippen LogP contribution in [0.25, 0.3) is 22.3 Å². The summed E-state index contributed by atoms with van der Waals surface area (Å²) in [5.41, 5.74) is 1.89. The van der Waals surface area contributed by atoms with Crippen LogP contribution >= 0.6 is 11.6 Å². The summed E-state index contributed by atoms with van der Waals surface area (Å²) < 4.78 is 14.3. The standard InChI is InChI=1S/C19H10ClFN6/c20-12-3-4-15(21)14(6-12)17-7-16(13-2-1-5-24-19(13)27-17)26-18-11(8-22)9-23-10-25-18/h1-7,9-10H,(H,23,24,25,26,27). The first kappa shape index (κ1) is 16.8. The maximum Gasteiger partial charge on any atom is 0.161 e. The van der Waals surface area contributed by atoms with Crippen LogP contribution in [0.4, 0.5) is 15.9 Å². The molecule has 130 valence electrons. The van der Waals surface area contributed by atoms with Crippen LogP contribution in [-0.4, -0.2) is 19.9 Å².